The molecule has 3 aliphatic rings. The minimum Gasteiger partial charge on any atom is -0.872 e. The van der Waals surface area contributed by atoms with E-state index < -0.39 is 31.7 Å². The Morgan fingerprint density at radius 2 is 1.49 bits per heavy atom. The Kier molecular flexibility index (Phi) is 8.34. The van der Waals surface area contributed by atoms with Crippen LogP contribution in [0.5, 0.6) is 5.75 Å². The van der Waals surface area contributed by atoms with Crippen LogP contribution < -0.4 is 19.0 Å². The van der Waals surface area contributed by atoms with Crippen LogP contribution in [-0.2, 0) is 20.0 Å². The van der Waals surface area contributed by atoms with Crippen LogP contribution in [0.3, 0.4) is 0 Å². The summed E-state index contributed by atoms with van der Waals surface area (Å²) in [6.45, 7) is 3.58. The van der Waals surface area contributed by atoms with E-state index in [0.29, 0.717) is 24.1 Å². The average Bonchev–Trinajstić information content (AvgIpc) is 3.42. The molecule has 2 aliphatic heterocycles. The zero-order valence-corrected chi connectivity index (χ0v) is 24.4. The summed E-state index contributed by atoms with van der Waals surface area (Å²) in [5, 5.41) is 26.3. The van der Waals surface area contributed by atoms with Gasteiger partial charge in [-0.05, 0) is 62.4 Å². The van der Waals surface area contributed by atoms with Crippen LogP contribution in [0.15, 0.2) is 52.3 Å². The van der Waals surface area contributed by atoms with Gasteiger partial charge in [0.1, 0.15) is 10.7 Å². The van der Waals surface area contributed by atoms with E-state index in [4.69, 9.17) is 0 Å². The Balaban J connectivity index is 0.00000112. The molecule has 0 amide bonds. The summed E-state index contributed by atoms with van der Waals surface area (Å²) in [6.07, 6.45) is 4.25. The average molecular weight is 576 g/mol. The zero-order chi connectivity index (χ0) is 28.5. The van der Waals surface area contributed by atoms with Crippen LogP contribution in [0.4, 0.5) is 11.4 Å². The summed E-state index contributed by atoms with van der Waals surface area (Å²) in [5.74, 6) is -2.20. The van der Waals surface area contributed by atoms with E-state index in [-0.39, 0.29) is 45.8 Å². The number of allylic oxidation sites excluding steroid dienone is 2. The predicted molar refractivity (Wildman–Crippen MR) is 153 cm³/mol. The SMILES string of the molecule is CCN1c2ccccc2C(O)=C(C(C2=Cc3c([O-])cccc3N(CC)S2(=O)=O)C2CCCC2)S1(=O)=O.C[NH2+]C. The van der Waals surface area contributed by atoms with Crippen molar-refractivity contribution in [3.63, 3.8) is 0 Å². The molecule has 0 aromatic heterocycles. The van der Waals surface area contributed by atoms with Gasteiger partial charge in [-0.1, -0.05) is 42.9 Å². The lowest BCUT2D eigenvalue weighted by Gasteiger charge is -2.39. The minimum absolute atomic E-state index is 0.0786. The molecule has 0 saturated heterocycles. The van der Waals surface area contributed by atoms with Crippen molar-refractivity contribution < 1.29 is 32.4 Å². The number of para-hydroxylation sites is 1. The molecule has 11 heteroatoms. The van der Waals surface area contributed by atoms with Gasteiger partial charge in [-0.3, -0.25) is 8.61 Å². The van der Waals surface area contributed by atoms with Crippen molar-refractivity contribution in [2.75, 3.05) is 35.8 Å². The first-order valence-corrected chi connectivity index (χ1v) is 16.3. The molecule has 1 unspecified atom stereocenters. The first kappa shape index (κ1) is 29.0. The van der Waals surface area contributed by atoms with E-state index in [0.717, 1.165) is 12.8 Å². The summed E-state index contributed by atoms with van der Waals surface area (Å²) in [5.41, 5.74) is 1.20. The maximum atomic E-state index is 14.0. The highest BCUT2D eigenvalue weighted by Gasteiger charge is 2.49. The summed E-state index contributed by atoms with van der Waals surface area (Å²) in [6, 6.07) is 11.1. The van der Waals surface area contributed by atoms with E-state index in [2.05, 4.69) is 0 Å². The lowest BCUT2D eigenvalue weighted by molar-refractivity contribution is -0.597. The number of nitrogens with zero attached hydrogens (tertiary/aromatic N) is 2. The van der Waals surface area contributed by atoms with Gasteiger partial charge in [-0.2, -0.15) is 0 Å². The highest BCUT2D eigenvalue weighted by Crippen LogP contribution is 2.52. The topological polar surface area (TPSA) is 135 Å². The molecule has 2 heterocycles. The molecule has 1 fully saturated rings. The number of quaternary nitrogens is 1. The molecule has 5 rings (SSSR count). The molecule has 2 aromatic carbocycles. The number of fused-ring (bicyclic) bond motifs is 2. The van der Waals surface area contributed by atoms with Gasteiger partial charge < -0.3 is 15.5 Å². The van der Waals surface area contributed by atoms with Crippen molar-refractivity contribution in [2.24, 2.45) is 11.8 Å². The van der Waals surface area contributed by atoms with Crippen LogP contribution in [0.25, 0.3) is 11.8 Å². The Labute approximate surface area is 231 Å². The smallest absolute Gasteiger partial charge is 0.264 e. The first-order chi connectivity index (χ1) is 18.6. The Hall–Kier alpha value is -3.02. The van der Waals surface area contributed by atoms with E-state index in [9.17, 15) is 27.0 Å². The molecule has 212 valence electrons. The number of hydrogen-bond acceptors (Lipinski definition) is 6. The molecule has 0 spiro atoms. The standard InChI is InChI=1S/C26H30N2O6S2.C2H7N/c1-3-27-21-14-9-15-22(29)19(21)16-23(35(27,31)32)24(17-10-5-6-11-17)26-25(30)18-12-7-8-13-20(18)28(4-2)36(26,33)34;1-3-2/h7-9,12-17,24,29-30H,3-6,10-11H2,1-2H3;3H,1-2H3. The Morgan fingerprint density at radius 1 is 0.923 bits per heavy atom. The van der Waals surface area contributed by atoms with Crippen molar-refractivity contribution in [1.82, 2.24) is 0 Å². The second-order valence-electron chi connectivity index (χ2n) is 9.90. The van der Waals surface area contributed by atoms with Gasteiger partial charge in [0.25, 0.3) is 20.0 Å². The van der Waals surface area contributed by atoms with Crippen molar-refractivity contribution in [2.45, 2.75) is 39.5 Å². The fourth-order valence-electron chi connectivity index (χ4n) is 5.87. The normalized spacial score (nSPS) is 20.5. The van der Waals surface area contributed by atoms with Gasteiger partial charge in [-0.15, -0.1) is 0 Å². The zero-order valence-electron chi connectivity index (χ0n) is 22.8. The fourth-order valence-corrected chi connectivity index (χ4v) is 9.84. The van der Waals surface area contributed by atoms with E-state index in [1.807, 2.05) is 19.4 Å². The van der Waals surface area contributed by atoms with Gasteiger partial charge in [0.2, 0.25) is 0 Å². The fraction of sp³-hybridized carbons (Fsp3) is 0.429. The molecule has 3 N–H and O–H groups in total. The first-order valence-electron chi connectivity index (χ1n) is 13.4. The van der Waals surface area contributed by atoms with Crippen LogP contribution in [0.1, 0.15) is 50.7 Å². The number of nitrogens with two attached hydrogens (primary N) is 1. The second kappa shape index (κ2) is 11.2. The number of hydrogen-bond donors (Lipinski definition) is 2. The summed E-state index contributed by atoms with van der Waals surface area (Å²) < 4.78 is 58.5. The summed E-state index contributed by atoms with van der Waals surface area (Å²) in [7, 11) is -4.44. The maximum absolute atomic E-state index is 14.0. The molecule has 39 heavy (non-hydrogen) atoms. The molecular weight excluding hydrogens is 538 g/mol. The Morgan fingerprint density at radius 3 is 2.10 bits per heavy atom. The third-order valence-electron chi connectivity index (χ3n) is 7.45. The number of aliphatic hydroxyl groups excluding tert-OH is 1. The maximum Gasteiger partial charge on any atom is 0.264 e. The third kappa shape index (κ3) is 4.81. The highest BCUT2D eigenvalue weighted by atomic mass is 32.2. The number of anilines is 2. The molecule has 0 radical (unpaired) electrons. The second-order valence-corrected chi connectivity index (χ2v) is 13.6. The van der Waals surface area contributed by atoms with Crippen LogP contribution >= 0.6 is 0 Å². The lowest BCUT2D eigenvalue weighted by Crippen LogP contribution is -2.74. The predicted octanol–water partition coefficient (Wildman–Crippen LogP) is 2.98. The number of aliphatic hydroxyl groups is 1. The highest BCUT2D eigenvalue weighted by molar-refractivity contribution is 7.98. The molecule has 1 atom stereocenters. The van der Waals surface area contributed by atoms with Crippen molar-refractivity contribution in [3.8, 4) is 5.75 Å². The van der Waals surface area contributed by atoms with E-state index >= 15 is 0 Å². The number of benzene rings is 2. The van der Waals surface area contributed by atoms with Gasteiger partial charge in [-0.25, -0.2) is 16.8 Å². The quantitative estimate of drug-likeness (QED) is 0.563. The van der Waals surface area contributed by atoms with Crippen molar-refractivity contribution in [3.05, 3.63) is 63.4 Å². The lowest BCUT2D eigenvalue weighted by atomic mass is 9.87. The van der Waals surface area contributed by atoms with Gasteiger partial charge in [0.05, 0.1) is 30.4 Å². The summed E-state index contributed by atoms with van der Waals surface area (Å²) >= 11 is 0. The molecule has 0 bridgehead atoms. The van der Waals surface area contributed by atoms with Crippen molar-refractivity contribution in [1.29, 1.82) is 0 Å². The monoisotopic (exact) mass is 575 g/mol. The molecule has 2 aromatic rings. The largest absolute Gasteiger partial charge is 0.872 e. The Bertz CT molecular complexity index is 1510. The van der Waals surface area contributed by atoms with Crippen molar-refractivity contribution >= 4 is 43.3 Å². The molecular formula is C28H37N3O6S2. The summed E-state index contributed by atoms with van der Waals surface area (Å²) in [4.78, 5) is -0.444. The van der Waals surface area contributed by atoms with Gasteiger partial charge in [0.15, 0.2) is 0 Å². The van der Waals surface area contributed by atoms with Gasteiger partial charge in [0, 0.05) is 24.6 Å². The van der Waals surface area contributed by atoms with E-state index in [1.165, 1.54) is 26.8 Å². The van der Waals surface area contributed by atoms with E-state index in [1.54, 1.807) is 44.2 Å². The molecule has 9 nitrogen and oxygen atoms in total. The number of sulfonamides is 2. The third-order valence-corrected chi connectivity index (χ3v) is 11.5. The van der Waals surface area contributed by atoms with Crippen LogP contribution in [0, 0.1) is 11.8 Å². The number of rotatable bonds is 5. The minimum atomic E-state index is -4.26. The van der Waals surface area contributed by atoms with Crippen LogP contribution in [0.2, 0.25) is 0 Å². The molecule has 1 aliphatic carbocycles. The van der Waals surface area contributed by atoms with Gasteiger partial charge >= 0.3 is 0 Å². The molecule has 1 saturated carbocycles. The van der Waals surface area contributed by atoms with Crippen LogP contribution in [-0.4, -0.2) is 49.1 Å².